The van der Waals surface area contributed by atoms with Crippen molar-refractivity contribution >= 4 is 0 Å². The molecule has 1 atom stereocenters. The van der Waals surface area contributed by atoms with E-state index in [9.17, 15) is 5.11 Å². The number of aliphatic hydroxyl groups excluding tert-OH is 1. The van der Waals surface area contributed by atoms with E-state index in [1.807, 2.05) is 6.92 Å². The second kappa shape index (κ2) is 5.16. The minimum atomic E-state index is -0.197. The van der Waals surface area contributed by atoms with Gasteiger partial charge in [-0.3, -0.25) is 0 Å². The third kappa shape index (κ3) is 3.15. The van der Waals surface area contributed by atoms with Gasteiger partial charge in [0.2, 0.25) is 0 Å². The third-order valence-corrected chi connectivity index (χ3v) is 2.56. The second-order valence-corrected chi connectivity index (χ2v) is 4.17. The molecule has 1 nitrogen and oxygen atoms in total. The summed E-state index contributed by atoms with van der Waals surface area (Å²) < 4.78 is 0. The van der Waals surface area contributed by atoms with E-state index in [2.05, 4.69) is 38.1 Å². The van der Waals surface area contributed by atoms with E-state index < -0.39 is 0 Å². The Balaban J connectivity index is 2.73. The largest absolute Gasteiger partial charge is 0.393 e. The van der Waals surface area contributed by atoms with Gasteiger partial charge in [0.05, 0.1) is 6.10 Å². The van der Waals surface area contributed by atoms with Gasteiger partial charge in [0.25, 0.3) is 0 Å². The molecule has 0 unspecified atom stereocenters. The molecular formula is C13H20O. The van der Waals surface area contributed by atoms with Crippen LogP contribution in [0.3, 0.4) is 0 Å². The quantitative estimate of drug-likeness (QED) is 0.777. The average molecular weight is 192 g/mol. The predicted molar refractivity (Wildman–Crippen MR) is 60.5 cm³/mol. The summed E-state index contributed by atoms with van der Waals surface area (Å²) in [5, 5.41) is 9.54. The molecule has 14 heavy (non-hydrogen) atoms. The van der Waals surface area contributed by atoms with Gasteiger partial charge in [0.15, 0.2) is 0 Å². The topological polar surface area (TPSA) is 20.2 Å². The Morgan fingerprint density at radius 3 is 2.57 bits per heavy atom. The highest BCUT2D eigenvalue weighted by molar-refractivity contribution is 5.26. The zero-order valence-electron chi connectivity index (χ0n) is 9.33. The SMILES string of the molecule is CC[C@@H](O)Cc1cccc(C(C)C)c1. The second-order valence-electron chi connectivity index (χ2n) is 4.17. The lowest BCUT2D eigenvalue weighted by Gasteiger charge is -2.10. The Labute approximate surface area is 86.8 Å². The maximum Gasteiger partial charge on any atom is 0.0577 e. The van der Waals surface area contributed by atoms with Gasteiger partial charge in [-0.05, 0) is 29.9 Å². The number of aliphatic hydroxyl groups is 1. The molecule has 78 valence electrons. The zero-order chi connectivity index (χ0) is 10.6. The van der Waals surface area contributed by atoms with Gasteiger partial charge in [-0.1, -0.05) is 45.0 Å². The van der Waals surface area contributed by atoms with Gasteiger partial charge in [0.1, 0.15) is 0 Å². The fourth-order valence-electron chi connectivity index (χ4n) is 1.50. The van der Waals surface area contributed by atoms with Gasteiger partial charge in [-0.2, -0.15) is 0 Å². The van der Waals surface area contributed by atoms with E-state index in [4.69, 9.17) is 0 Å². The summed E-state index contributed by atoms with van der Waals surface area (Å²) >= 11 is 0. The van der Waals surface area contributed by atoms with Crippen LogP contribution in [0.1, 0.15) is 44.2 Å². The van der Waals surface area contributed by atoms with E-state index in [1.165, 1.54) is 11.1 Å². The molecule has 0 heterocycles. The van der Waals surface area contributed by atoms with Gasteiger partial charge in [0, 0.05) is 0 Å². The van der Waals surface area contributed by atoms with Gasteiger partial charge >= 0.3 is 0 Å². The highest BCUT2D eigenvalue weighted by atomic mass is 16.3. The first kappa shape index (κ1) is 11.3. The Hall–Kier alpha value is -0.820. The van der Waals surface area contributed by atoms with E-state index in [0.717, 1.165) is 12.8 Å². The maximum atomic E-state index is 9.54. The van der Waals surface area contributed by atoms with Crippen molar-refractivity contribution < 1.29 is 5.11 Å². The molecule has 0 saturated heterocycles. The fourth-order valence-corrected chi connectivity index (χ4v) is 1.50. The molecule has 0 aliphatic carbocycles. The third-order valence-electron chi connectivity index (χ3n) is 2.56. The standard InChI is InChI=1S/C13H20O/c1-4-13(14)9-11-6-5-7-12(8-11)10(2)3/h5-8,10,13-14H,4,9H2,1-3H3/t13-/m1/s1. The number of benzene rings is 1. The molecule has 0 aromatic heterocycles. The van der Waals surface area contributed by atoms with Crippen molar-refractivity contribution in [1.82, 2.24) is 0 Å². The molecule has 1 N–H and O–H groups in total. The first-order valence-corrected chi connectivity index (χ1v) is 5.40. The van der Waals surface area contributed by atoms with Crippen LogP contribution >= 0.6 is 0 Å². The van der Waals surface area contributed by atoms with Crippen molar-refractivity contribution in [2.24, 2.45) is 0 Å². The molecule has 1 aromatic carbocycles. The van der Waals surface area contributed by atoms with Crippen LogP contribution in [-0.2, 0) is 6.42 Å². The molecule has 0 fully saturated rings. The lowest BCUT2D eigenvalue weighted by atomic mass is 9.98. The van der Waals surface area contributed by atoms with E-state index >= 15 is 0 Å². The normalized spacial score (nSPS) is 13.2. The minimum Gasteiger partial charge on any atom is -0.393 e. The van der Waals surface area contributed by atoms with E-state index in [0.29, 0.717) is 5.92 Å². The summed E-state index contributed by atoms with van der Waals surface area (Å²) in [5.74, 6) is 0.564. The van der Waals surface area contributed by atoms with Gasteiger partial charge in [-0.15, -0.1) is 0 Å². The number of rotatable bonds is 4. The van der Waals surface area contributed by atoms with Crippen LogP contribution < -0.4 is 0 Å². The molecule has 0 bridgehead atoms. The molecule has 0 amide bonds. The van der Waals surface area contributed by atoms with Crippen molar-refractivity contribution in [3.8, 4) is 0 Å². The summed E-state index contributed by atoms with van der Waals surface area (Å²) in [6.45, 7) is 6.39. The van der Waals surface area contributed by atoms with Gasteiger partial charge in [-0.25, -0.2) is 0 Å². The molecule has 1 heteroatoms. The number of hydrogen-bond acceptors (Lipinski definition) is 1. The molecule has 0 saturated carbocycles. The molecule has 1 aromatic rings. The van der Waals surface area contributed by atoms with Crippen LogP contribution in [0.4, 0.5) is 0 Å². The molecule has 0 spiro atoms. The highest BCUT2D eigenvalue weighted by Gasteiger charge is 2.04. The Bertz CT molecular complexity index is 278. The van der Waals surface area contributed by atoms with E-state index in [1.54, 1.807) is 0 Å². The first-order chi connectivity index (χ1) is 6.63. The van der Waals surface area contributed by atoms with Crippen LogP contribution in [0.15, 0.2) is 24.3 Å². The predicted octanol–water partition coefficient (Wildman–Crippen LogP) is 3.12. The van der Waals surface area contributed by atoms with Crippen molar-refractivity contribution in [2.45, 2.75) is 45.6 Å². The molecule has 0 aliphatic rings. The average Bonchev–Trinajstić information content (AvgIpc) is 2.18. The van der Waals surface area contributed by atoms with Crippen molar-refractivity contribution in [3.63, 3.8) is 0 Å². The molecule has 0 aliphatic heterocycles. The summed E-state index contributed by atoms with van der Waals surface area (Å²) in [5.41, 5.74) is 2.59. The van der Waals surface area contributed by atoms with Crippen LogP contribution in [0.2, 0.25) is 0 Å². The lowest BCUT2D eigenvalue weighted by Crippen LogP contribution is -2.08. The molecule has 0 radical (unpaired) electrons. The van der Waals surface area contributed by atoms with Crippen LogP contribution in [0.25, 0.3) is 0 Å². The summed E-state index contributed by atoms with van der Waals surface area (Å²) in [7, 11) is 0. The summed E-state index contributed by atoms with van der Waals surface area (Å²) in [6, 6.07) is 8.51. The van der Waals surface area contributed by atoms with Crippen LogP contribution in [0, 0.1) is 0 Å². The Morgan fingerprint density at radius 1 is 1.29 bits per heavy atom. The van der Waals surface area contributed by atoms with Crippen molar-refractivity contribution in [1.29, 1.82) is 0 Å². The molecule has 1 rings (SSSR count). The number of hydrogen-bond donors (Lipinski definition) is 1. The van der Waals surface area contributed by atoms with Crippen molar-refractivity contribution in [2.75, 3.05) is 0 Å². The monoisotopic (exact) mass is 192 g/mol. The van der Waals surface area contributed by atoms with E-state index in [-0.39, 0.29) is 6.10 Å². The summed E-state index contributed by atoms with van der Waals surface area (Å²) in [4.78, 5) is 0. The van der Waals surface area contributed by atoms with Gasteiger partial charge < -0.3 is 5.11 Å². The lowest BCUT2D eigenvalue weighted by molar-refractivity contribution is 0.171. The van der Waals surface area contributed by atoms with Crippen molar-refractivity contribution in [3.05, 3.63) is 35.4 Å². The highest BCUT2D eigenvalue weighted by Crippen LogP contribution is 2.16. The van der Waals surface area contributed by atoms with Crippen LogP contribution in [-0.4, -0.2) is 11.2 Å². The minimum absolute atomic E-state index is 0.197. The smallest absolute Gasteiger partial charge is 0.0577 e. The molecular weight excluding hydrogens is 172 g/mol. The zero-order valence-corrected chi connectivity index (χ0v) is 9.33. The maximum absolute atomic E-state index is 9.54. The Kier molecular flexibility index (Phi) is 4.15. The fraction of sp³-hybridized carbons (Fsp3) is 0.538. The summed E-state index contributed by atoms with van der Waals surface area (Å²) in [6.07, 6.45) is 1.40. The Morgan fingerprint density at radius 2 is 2.00 bits per heavy atom. The first-order valence-electron chi connectivity index (χ1n) is 5.40. The van der Waals surface area contributed by atoms with Crippen LogP contribution in [0.5, 0.6) is 0 Å².